The van der Waals surface area contributed by atoms with Crippen molar-refractivity contribution in [3.05, 3.63) is 71.0 Å². The molecule has 3 aromatic carbocycles. The average molecular weight is 474 g/mol. The number of hydrogen-bond acceptors (Lipinski definition) is 6. The van der Waals surface area contributed by atoms with Crippen molar-refractivity contribution < 1.29 is 13.9 Å². The minimum absolute atomic E-state index is 0.0904. The van der Waals surface area contributed by atoms with Gasteiger partial charge in [-0.05, 0) is 30.7 Å². The molecule has 1 amide bonds. The van der Waals surface area contributed by atoms with Crippen molar-refractivity contribution in [2.45, 2.75) is 25.0 Å². The van der Waals surface area contributed by atoms with Crippen LogP contribution in [0.2, 0.25) is 0 Å². The third-order valence-electron chi connectivity index (χ3n) is 5.58. The molecule has 34 heavy (non-hydrogen) atoms. The zero-order valence-corrected chi connectivity index (χ0v) is 19.6. The Morgan fingerprint density at radius 2 is 1.82 bits per heavy atom. The summed E-state index contributed by atoms with van der Waals surface area (Å²) in [6.45, 7) is 2.54. The number of carbonyl (C=O) groups is 1. The summed E-state index contributed by atoms with van der Waals surface area (Å²) < 4.78 is 13.1. The molecule has 8 heteroatoms. The molecular formula is C26H23N3O4S. The van der Waals surface area contributed by atoms with Gasteiger partial charge in [0.05, 0.1) is 29.5 Å². The Morgan fingerprint density at radius 1 is 1.06 bits per heavy atom. The van der Waals surface area contributed by atoms with Crippen molar-refractivity contribution >= 4 is 56.2 Å². The van der Waals surface area contributed by atoms with Gasteiger partial charge in [0.2, 0.25) is 5.91 Å². The molecule has 0 bridgehead atoms. The Kier molecular flexibility index (Phi) is 5.98. The summed E-state index contributed by atoms with van der Waals surface area (Å²) >= 11 is 1.24. The topological polar surface area (TPSA) is 86.4 Å². The predicted octanol–water partition coefficient (Wildman–Crippen LogP) is 5.45. The first-order chi connectivity index (χ1) is 16.6. The number of rotatable bonds is 7. The number of ether oxygens (including phenoxy) is 1. The van der Waals surface area contributed by atoms with Crippen LogP contribution in [0.15, 0.2) is 75.0 Å². The number of fused-ring (bicyclic) bond motifs is 4. The third-order valence-corrected chi connectivity index (χ3v) is 6.56. The van der Waals surface area contributed by atoms with E-state index in [1.165, 1.54) is 11.8 Å². The smallest absolute Gasteiger partial charge is 0.262 e. The van der Waals surface area contributed by atoms with Crippen LogP contribution >= 0.6 is 11.8 Å². The van der Waals surface area contributed by atoms with E-state index in [1.54, 1.807) is 23.8 Å². The number of nitrogens with zero attached hydrogens (tertiary/aromatic N) is 2. The van der Waals surface area contributed by atoms with Crippen molar-refractivity contribution in [2.24, 2.45) is 0 Å². The number of aromatic nitrogens is 2. The van der Waals surface area contributed by atoms with Crippen LogP contribution in [0, 0.1) is 0 Å². The van der Waals surface area contributed by atoms with Gasteiger partial charge in [-0.15, -0.1) is 0 Å². The van der Waals surface area contributed by atoms with Gasteiger partial charge in [-0.1, -0.05) is 49.0 Å². The Labute approximate surface area is 199 Å². The molecule has 0 fully saturated rings. The molecule has 0 unspecified atom stereocenters. The lowest BCUT2D eigenvalue weighted by atomic mass is 10.1. The van der Waals surface area contributed by atoms with Gasteiger partial charge in [0.25, 0.3) is 5.56 Å². The zero-order valence-electron chi connectivity index (χ0n) is 18.8. The molecule has 0 atom stereocenters. The molecule has 2 aromatic heterocycles. The van der Waals surface area contributed by atoms with Crippen LogP contribution in [-0.4, -0.2) is 28.3 Å². The normalized spacial score (nSPS) is 11.4. The summed E-state index contributed by atoms with van der Waals surface area (Å²) in [5, 5.41) is 5.92. The second-order valence-corrected chi connectivity index (χ2v) is 8.79. The van der Waals surface area contributed by atoms with Gasteiger partial charge in [0.15, 0.2) is 5.16 Å². The second kappa shape index (κ2) is 9.23. The fourth-order valence-electron chi connectivity index (χ4n) is 4.01. The molecule has 172 valence electrons. The molecular weight excluding hydrogens is 450 g/mol. The average Bonchev–Trinajstić information content (AvgIpc) is 3.21. The lowest BCUT2D eigenvalue weighted by molar-refractivity contribution is -0.113. The summed E-state index contributed by atoms with van der Waals surface area (Å²) in [6.07, 6.45) is 0.786. The molecule has 0 aliphatic rings. The Bertz CT molecular complexity index is 1590. The van der Waals surface area contributed by atoms with Gasteiger partial charge in [-0.2, -0.15) is 0 Å². The van der Waals surface area contributed by atoms with E-state index in [9.17, 15) is 9.59 Å². The second-order valence-electron chi connectivity index (χ2n) is 7.85. The summed E-state index contributed by atoms with van der Waals surface area (Å²) in [7, 11) is 1.57. The highest BCUT2D eigenvalue weighted by atomic mass is 32.2. The van der Waals surface area contributed by atoms with Crippen LogP contribution in [0.5, 0.6) is 5.75 Å². The molecule has 0 radical (unpaired) electrons. The van der Waals surface area contributed by atoms with Gasteiger partial charge >= 0.3 is 0 Å². The molecule has 0 saturated carbocycles. The maximum absolute atomic E-state index is 12.9. The Morgan fingerprint density at radius 3 is 2.62 bits per heavy atom. The fraction of sp³-hybridized carbons (Fsp3) is 0.192. The Balaban J connectivity index is 1.40. The maximum atomic E-state index is 12.9. The van der Waals surface area contributed by atoms with Crippen molar-refractivity contribution in [1.82, 2.24) is 9.55 Å². The van der Waals surface area contributed by atoms with Crippen molar-refractivity contribution in [3.63, 3.8) is 0 Å². The Hall–Kier alpha value is -3.78. The summed E-state index contributed by atoms with van der Waals surface area (Å²) in [5.74, 6) is 0.406. The lowest BCUT2D eigenvalue weighted by Crippen LogP contribution is -2.24. The van der Waals surface area contributed by atoms with E-state index >= 15 is 0 Å². The number of anilines is 1. The standard InChI is InChI=1S/C26H23N3O4S/c1-3-12-29-25(31)17-9-4-6-10-19(17)28-26(29)34-15-24(30)27-20-14-22-18(13-23(20)32-2)16-8-5-7-11-21(16)33-22/h4-11,13-14H,3,12,15H2,1-2H3,(H,27,30). The van der Waals surface area contributed by atoms with E-state index < -0.39 is 0 Å². The van der Waals surface area contributed by atoms with Gasteiger partial charge in [0.1, 0.15) is 16.9 Å². The maximum Gasteiger partial charge on any atom is 0.262 e. The quantitative estimate of drug-likeness (QED) is 0.250. The van der Waals surface area contributed by atoms with E-state index in [4.69, 9.17) is 9.15 Å². The van der Waals surface area contributed by atoms with Crippen LogP contribution < -0.4 is 15.6 Å². The molecule has 0 saturated heterocycles. The van der Waals surface area contributed by atoms with E-state index in [-0.39, 0.29) is 17.2 Å². The molecule has 1 N–H and O–H groups in total. The lowest BCUT2D eigenvalue weighted by Gasteiger charge is -2.13. The van der Waals surface area contributed by atoms with E-state index in [1.807, 2.05) is 55.5 Å². The van der Waals surface area contributed by atoms with Crippen LogP contribution in [0.4, 0.5) is 5.69 Å². The molecule has 5 rings (SSSR count). The highest BCUT2D eigenvalue weighted by molar-refractivity contribution is 7.99. The van der Waals surface area contributed by atoms with E-state index in [0.717, 1.165) is 22.8 Å². The fourth-order valence-corrected chi connectivity index (χ4v) is 4.84. The minimum Gasteiger partial charge on any atom is -0.495 e. The number of furan rings is 1. The number of amides is 1. The van der Waals surface area contributed by atoms with Gasteiger partial charge in [-0.3, -0.25) is 14.2 Å². The van der Waals surface area contributed by atoms with Crippen molar-refractivity contribution in [1.29, 1.82) is 0 Å². The first kappa shape index (κ1) is 22.0. The monoisotopic (exact) mass is 473 g/mol. The highest BCUT2D eigenvalue weighted by Crippen LogP contribution is 2.36. The van der Waals surface area contributed by atoms with Crippen molar-refractivity contribution in [3.8, 4) is 5.75 Å². The zero-order chi connectivity index (χ0) is 23.7. The number of carbonyl (C=O) groups excluding carboxylic acids is 1. The molecule has 5 aromatic rings. The van der Waals surface area contributed by atoms with Gasteiger partial charge < -0.3 is 14.5 Å². The molecule has 0 spiro atoms. The predicted molar refractivity (Wildman–Crippen MR) is 136 cm³/mol. The van der Waals surface area contributed by atoms with Crippen LogP contribution in [0.3, 0.4) is 0 Å². The molecule has 7 nitrogen and oxygen atoms in total. The number of methoxy groups -OCH3 is 1. The van der Waals surface area contributed by atoms with E-state index in [2.05, 4.69) is 10.3 Å². The number of para-hydroxylation sites is 2. The molecule has 0 aliphatic heterocycles. The number of nitrogens with one attached hydrogen (secondary N) is 1. The first-order valence-electron chi connectivity index (χ1n) is 11.0. The van der Waals surface area contributed by atoms with Crippen molar-refractivity contribution in [2.75, 3.05) is 18.2 Å². The third kappa shape index (κ3) is 4.01. The number of benzene rings is 3. The van der Waals surface area contributed by atoms with E-state index in [0.29, 0.717) is 39.6 Å². The highest BCUT2D eigenvalue weighted by Gasteiger charge is 2.16. The SMILES string of the molecule is CCCn1c(SCC(=O)Nc2cc3oc4ccccc4c3cc2OC)nc2ccccc2c1=O. The first-order valence-corrected chi connectivity index (χ1v) is 12.0. The largest absolute Gasteiger partial charge is 0.495 e. The number of thioether (sulfide) groups is 1. The van der Waals surface area contributed by atoms with Gasteiger partial charge in [-0.25, -0.2) is 4.98 Å². The summed E-state index contributed by atoms with van der Waals surface area (Å²) in [5.41, 5.74) is 2.50. The van der Waals surface area contributed by atoms with Gasteiger partial charge in [0, 0.05) is 23.4 Å². The number of hydrogen-bond donors (Lipinski definition) is 1. The summed E-state index contributed by atoms with van der Waals surface area (Å²) in [4.78, 5) is 30.4. The minimum atomic E-state index is -0.232. The van der Waals surface area contributed by atoms with Crippen LogP contribution in [-0.2, 0) is 11.3 Å². The van der Waals surface area contributed by atoms with Crippen LogP contribution in [0.25, 0.3) is 32.8 Å². The van der Waals surface area contributed by atoms with Crippen LogP contribution in [0.1, 0.15) is 13.3 Å². The molecule has 0 aliphatic carbocycles. The summed E-state index contributed by atoms with van der Waals surface area (Å²) in [6, 6.07) is 18.7. The molecule has 2 heterocycles.